The summed E-state index contributed by atoms with van der Waals surface area (Å²) < 4.78 is 31.9. The molecule has 0 fully saturated rings. The van der Waals surface area contributed by atoms with Gasteiger partial charge in [-0.15, -0.1) is 0 Å². The highest BCUT2D eigenvalue weighted by atomic mass is 31.2. The zero-order valence-corrected chi connectivity index (χ0v) is 27.4. The average Bonchev–Trinajstić information content (AvgIpc) is 2.96. The fourth-order valence-electron chi connectivity index (χ4n) is 4.44. The van der Waals surface area contributed by atoms with E-state index in [4.69, 9.17) is 19.1 Å². The summed E-state index contributed by atoms with van der Waals surface area (Å²) in [4.78, 5) is 33.8. The van der Waals surface area contributed by atoms with Crippen molar-refractivity contribution in [2.24, 2.45) is 0 Å². The van der Waals surface area contributed by atoms with Crippen molar-refractivity contribution in [1.29, 1.82) is 0 Å². The van der Waals surface area contributed by atoms with Crippen molar-refractivity contribution in [1.82, 2.24) is 0 Å². The van der Waals surface area contributed by atoms with Gasteiger partial charge in [0.05, 0.1) is 19.8 Å². The van der Waals surface area contributed by atoms with Crippen molar-refractivity contribution >= 4 is 19.8 Å². The van der Waals surface area contributed by atoms with E-state index >= 15 is 0 Å². The summed E-state index contributed by atoms with van der Waals surface area (Å²) in [6.45, 7) is 1.97. The van der Waals surface area contributed by atoms with Crippen LogP contribution in [0.5, 0.6) is 0 Å². The van der Waals surface area contributed by atoms with Crippen molar-refractivity contribution in [3.63, 3.8) is 0 Å². The minimum Gasteiger partial charge on any atom is -0.462 e. The number of aliphatic hydroxyl groups excluding tert-OH is 2. The van der Waals surface area contributed by atoms with Gasteiger partial charge in [0.15, 0.2) is 6.10 Å². The lowest BCUT2D eigenvalue weighted by atomic mass is 10.0. The van der Waals surface area contributed by atoms with Gasteiger partial charge in [0.1, 0.15) is 12.7 Å². The summed E-state index contributed by atoms with van der Waals surface area (Å²) in [5.74, 6) is -0.979. The largest absolute Gasteiger partial charge is 0.472 e. The van der Waals surface area contributed by atoms with Crippen molar-refractivity contribution in [3.8, 4) is 0 Å². The van der Waals surface area contributed by atoms with E-state index in [0.29, 0.717) is 12.8 Å². The highest BCUT2D eigenvalue weighted by molar-refractivity contribution is 7.47. The summed E-state index contributed by atoms with van der Waals surface area (Å²) in [5, 5.41) is 18.1. The van der Waals surface area contributed by atoms with Crippen LogP contribution in [0.3, 0.4) is 0 Å². The Balaban J connectivity index is 3.98. The third-order valence-corrected chi connectivity index (χ3v) is 7.93. The van der Waals surface area contributed by atoms with Crippen molar-refractivity contribution in [2.45, 2.75) is 161 Å². The molecule has 11 heteroatoms. The summed E-state index contributed by atoms with van der Waals surface area (Å²) in [6.07, 6.45) is 21.2. The van der Waals surface area contributed by atoms with Gasteiger partial charge in [-0.2, -0.15) is 0 Å². The lowest BCUT2D eigenvalue weighted by molar-refractivity contribution is -0.161. The van der Waals surface area contributed by atoms with Gasteiger partial charge in [0, 0.05) is 12.8 Å². The van der Waals surface area contributed by atoms with Gasteiger partial charge < -0.3 is 24.6 Å². The van der Waals surface area contributed by atoms with E-state index in [1.807, 2.05) is 6.92 Å². The number of ether oxygens (including phenoxy) is 2. The van der Waals surface area contributed by atoms with Crippen LogP contribution in [0.4, 0.5) is 0 Å². The van der Waals surface area contributed by atoms with E-state index in [-0.39, 0.29) is 19.4 Å². The average molecular weight is 625 g/mol. The standard InChI is InChI=1S/C31H61O10P/c1-3-5-6-7-8-9-10-11-12-13-14-15-16-17-18-19-20-21-23-31(35)41-29(26-38-30(34)22-4-2)27-40-42(36,37)39-25-28(33)24-32/h28-29,32-33H,3-27H2,1-2H3,(H,36,37). The van der Waals surface area contributed by atoms with Crippen molar-refractivity contribution in [3.05, 3.63) is 0 Å². The molecule has 0 aliphatic carbocycles. The molecule has 0 saturated heterocycles. The molecule has 0 aliphatic rings. The van der Waals surface area contributed by atoms with Crippen LogP contribution in [-0.2, 0) is 32.7 Å². The molecular weight excluding hydrogens is 563 g/mol. The molecule has 0 aromatic carbocycles. The number of esters is 2. The zero-order valence-electron chi connectivity index (χ0n) is 26.5. The molecule has 0 bridgehead atoms. The molecule has 0 aromatic heterocycles. The quantitative estimate of drug-likeness (QED) is 0.0412. The molecule has 3 N–H and O–H groups in total. The van der Waals surface area contributed by atoms with E-state index in [9.17, 15) is 24.2 Å². The first kappa shape index (κ1) is 41.0. The first-order chi connectivity index (χ1) is 20.2. The smallest absolute Gasteiger partial charge is 0.462 e. The molecular formula is C31H61O10P. The minimum atomic E-state index is -4.58. The monoisotopic (exact) mass is 624 g/mol. The van der Waals surface area contributed by atoms with E-state index in [2.05, 4.69) is 11.4 Å². The van der Waals surface area contributed by atoms with E-state index in [1.165, 1.54) is 89.9 Å². The molecule has 250 valence electrons. The number of carbonyl (C=O) groups excluding carboxylic acids is 2. The Bertz CT molecular complexity index is 691. The second-order valence-electron chi connectivity index (χ2n) is 11.2. The van der Waals surface area contributed by atoms with Crippen molar-refractivity contribution < 1.29 is 47.8 Å². The van der Waals surface area contributed by atoms with Crippen molar-refractivity contribution in [2.75, 3.05) is 26.4 Å². The highest BCUT2D eigenvalue weighted by Crippen LogP contribution is 2.43. The molecule has 10 nitrogen and oxygen atoms in total. The van der Waals surface area contributed by atoms with E-state index in [0.717, 1.165) is 19.3 Å². The predicted molar refractivity (Wildman–Crippen MR) is 164 cm³/mol. The molecule has 3 atom stereocenters. The molecule has 0 rings (SSSR count). The number of unbranched alkanes of at least 4 members (excludes halogenated alkanes) is 17. The Morgan fingerprint density at radius 2 is 1.07 bits per heavy atom. The predicted octanol–water partition coefficient (Wildman–Crippen LogP) is 7.16. The number of hydrogen-bond acceptors (Lipinski definition) is 9. The number of hydrogen-bond donors (Lipinski definition) is 3. The Morgan fingerprint density at radius 3 is 1.52 bits per heavy atom. The lowest BCUT2D eigenvalue weighted by Gasteiger charge is -2.20. The molecule has 0 aromatic rings. The number of phosphoric acid groups is 1. The number of carbonyl (C=O) groups is 2. The lowest BCUT2D eigenvalue weighted by Crippen LogP contribution is -2.29. The maximum Gasteiger partial charge on any atom is 0.472 e. The normalized spacial score (nSPS) is 14.3. The molecule has 3 unspecified atom stereocenters. The van der Waals surface area contributed by atoms with Crippen LogP contribution in [0.2, 0.25) is 0 Å². The number of phosphoric ester groups is 1. The second kappa shape index (κ2) is 28.7. The van der Waals surface area contributed by atoms with Gasteiger partial charge >= 0.3 is 19.8 Å². The maximum absolute atomic E-state index is 12.3. The fraction of sp³-hybridized carbons (Fsp3) is 0.935. The number of aliphatic hydroxyl groups is 2. The first-order valence-electron chi connectivity index (χ1n) is 16.5. The SMILES string of the molecule is CCCCCCCCCCCCCCCCCCCCC(=O)OC(COC(=O)CCC)COP(=O)(O)OCC(O)CO. The summed E-state index contributed by atoms with van der Waals surface area (Å²) in [5.41, 5.74) is 0. The highest BCUT2D eigenvalue weighted by Gasteiger charge is 2.27. The van der Waals surface area contributed by atoms with Crippen LogP contribution in [0.15, 0.2) is 0 Å². The molecule has 0 amide bonds. The Labute approximate surface area is 254 Å². The topological polar surface area (TPSA) is 149 Å². The van der Waals surface area contributed by atoms with Gasteiger partial charge in [-0.1, -0.05) is 123 Å². The second-order valence-corrected chi connectivity index (χ2v) is 12.7. The van der Waals surface area contributed by atoms with Gasteiger partial charge in [-0.05, 0) is 12.8 Å². The molecule has 0 spiro atoms. The zero-order chi connectivity index (χ0) is 31.3. The molecule has 0 saturated carbocycles. The fourth-order valence-corrected chi connectivity index (χ4v) is 5.23. The maximum atomic E-state index is 12.3. The van der Waals surface area contributed by atoms with Crippen LogP contribution in [-0.4, -0.2) is 65.7 Å². The Kier molecular flexibility index (Phi) is 28.0. The Hall–Kier alpha value is -1.03. The van der Waals surface area contributed by atoms with Crippen LogP contribution in [0, 0.1) is 0 Å². The summed E-state index contributed by atoms with van der Waals surface area (Å²) in [6, 6.07) is 0. The van der Waals surface area contributed by atoms with Gasteiger partial charge in [-0.3, -0.25) is 18.6 Å². The molecule has 0 aliphatic heterocycles. The van der Waals surface area contributed by atoms with E-state index < -0.39 is 51.8 Å². The molecule has 42 heavy (non-hydrogen) atoms. The summed E-state index contributed by atoms with van der Waals surface area (Å²) >= 11 is 0. The molecule has 0 heterocycles. The first-order valence-corrected chi connectivity index (χ1v) is 18.0. The van der Waals surface area contributed by atoms with Gasteiger partial charge in [-0.25, -0.2) is 4.57 Å². The van der Waals surface area contributed by atoms with Crippen LogP contribution >= 0.6 is 7.82 Å². The van der Waals surface area contributed by atoms with Gasteiger partial charge in [0.2, 0.25) is 0 Å². The Morgan fingerprint density at radius 1 is 0.619 bits per heavy atom. The minimum absolute atomic E-state index is 0.189. The van der Waals surface area contributed by atoms with E-state index in [1.54, 1.807) is 0 Å². The van der Waals surface area contributed by atoms with Crippen LogP contribution < -0.4 is 0 Å². The van der Waals surface area contributed by atoms with Gasteiger partial charge in [0.25, 0.3) is 0 Å². The van der Waals surface area contributed by atoms with Crippen LogP contribution in [0.25, 0.3) is 0 Å². The number of rotatable bonds is 31. The van der Waals surface area contributed by atoms with Crippen LogP contribution in [0.1, 0.15) is 149 Å². The summed E-state index contributed by atoms with van der Waals surface area (Å²) in [7, 11) is -4.58. The molecule has 0 radical (unpaired) electrons. The third kappa shape index (κ3) is 27.8. The third-order valence-electron chi connectivity index (χ3n) is 6.98.